The summed E-state index contributed by atoms with van der Waals surface area (Å²) in [6.07, 6.45) is 13.6. The second kappa shape index (κ2) is 45.2. The number of aliphatic hydroxyl groups is 2. The summed E-state index contributed by atoms with van der Waals surface area (Å²) >= 11 is 0. The van der Waals surface area contributed by atoms with Crippen LogP contribution in [0.1, 0.15) is 199 Å². The summed E-state index contributed by atoms with van der Waals surface area (Å²) < 4.78 is 86.3. The van der Waals surface area contributed by atoms with Crippen molar-refractivity contribution in [3.05, 3.63) is 121 Å². The molecule has 0 unspecified atom stereocenters. The van der Waals surface area contributed by atoms with Gasteiger partial charge in [0.1, 0.15) is 13.2 Å². The van der Waals surface area contributed by atoms with Crippen LogP contribution in [-0.2, 0) is 84.9 Å². The van der Waals surface area contributed by atoms with Gasteiger partial charge < -0.3 is 75.9 Å². The van der Waals surface area contributed by atoms with Crippen molar-refractivity contribution in [3.8, 4) is 0 Å². The SMILES string of the molecule is C[C@H](C(=O)O[C@H](C(=O)COCCOCCOCCOCCOCCO[Si](c1ccccc1)(c1ccccc1)C(C)(C)C)[C@H](OC(=O)[C@@H](C)[C@H]1CC[C@H]2[C@@H]3CC[C@H]4C[C@@H](O)CC[C@]4(C)[C@H]3CC[C@]12C)C(=O)COCCOCCOCCOCCOCCO[Si](c1ccccc1)(c1ccccc1)C(C)(C)C)[C@H]1CC[C@H]2[C@@H]3CC[C@H]4C[C@@H](O)CC[C@]4(C)[C@H]3CC[C@]12C. The molecule has 0 heterocycles. The second-order valence-electron chi connectivity index (χ2n) is 40.9. The summed E-state index contributed by atoms with van der Waals surface area (Å²) in [5.41, 5.74) is 0.0351. The Morgan fingerprint density at radius 3 is 0.879 bits per heavy atom. The Balaban J connectivity index is 0.638. The van der Waals surface area contributed by atoms with Gasteiger partial charge in [0, 0.05) is 0 Å². The molecule has 8 aliphatic rings. The van der Waals surface area contributed by atoms with Crippen LogP contribution < -0.4 is 20.7 Å². The van der Waals surface area contributed by atoms with Crippen molar-refractivity contribution >= 4 is 60.9 Å². The van der Waals surface area contributed by atoms with Gasteiger partial charge in [-0.25, -0.2) is 0 Å². The third kappa shape index (κ3) is 22.8. The number of ether oxygens (including phenoxy) is 12. The Labute approximate surface area is 744 Å². The summed E-state index contributed by atoms with van der Waals surface area (Å²) in [5.74, 6) is -0.0177. The number of carbonyl (C=O) groups is 4. The van der Waals surface area contributed by atoms with E-state index in [9.17, 15) is 10.2 Å². The third-order valence-electron chi connectivity index (χ3n) is 32.2. The van der Waals surface area contributed by atoms with Gasteiger partial charge in [-0.1, -0.05) is 204 Å². The zero-order valence-electron chi connectivity index (χ0n) is 77.3. The van der Waals surface area contributed by atoms with Crippen LogP contribution >= 0.6 is 0 Å². The average molecular weight is 1760 g/mol. The van der Waals surface area contributed by atoms with E-state index >= 15 is 19.2 Å². The van der Waals surface area contributed by atoms with Gasteiger partial charge in [0.25, 0.3) is 16.6 Å². The summed E-state index contributed by atoms with van der Waals surface area (Å²) in [4.78, 5) is 61.2. The Bertz CT molecular complexity index is 3580. The number of aliphatic hydroxyl groups excluding tert-OH is 2. The van der Waals surface area contributed by atoms with E-state index in [0.717, 1.165) is 116 Å². The van der Waals surface area contributed by atoms with Gasteiger partial charge in [0.2, 0.25) is 23.8 Å². The number of fused-ring (bicyclic) bond motifs is 10. The lowest BCUT2D eigenvalue weighted by Crippen LogP contribution is -2.66. The first-order valence-electron chi connectivity index (χ1n) is 47.7. The van der Waals surface area contributed by atoms with Gasteiger partial charge in [-0.3, -0.25) is 19.2 Å². The van der Waals surface area contributed by atoms with Crippen LogP contribution in [-0.4, -0.2) is 220 Å². The van der Waals surface area contributed by atoms with E-state index in [4.69, 9.17) is 65.7 Å². The Kier molecular flexibility index (Phi) is 35.8. The number of ketones is 2. The topological polar surface area (TPSA) is 238 Å². The zero-order chi connectivity index (χ0) is 88.2. The maximum atomic E-state index is 15.4. The summed E-state index contributed by atoms with van der Waals surface area (Å²) in [5, 5.41) is 26.3. The van der Waals surface area contributed by atoms with Crippen LogP contribution in [0.5, 0.6) is 0 Å². The molecule has 0 spiro atoms. The molecule has 8 saturated carbocycles. The van der Waals surface area contributed by atoms with Crippen molar-refractivity contribution in [2.24, 2.45) is 92.7 Å². The summed E-state index contributed by atoms with van der Waals surface area (Å²) in [6, 6.07) is 42.3. The molecule has 12 rings (SSSR count). The highest BCUT2D eigenvalue weighted by molar-refractivity contribution is 7.00. The molecule has 2 N–H and O–H groups in total. The third-order valence-corrected chi connectivity index (χ3v) is 42.2. The molecule has 0 saturated heterocycles. The summed E-state index contributed by atoms with van der Waals surface area (Å²) in [7, 11) is -5.33. The van der Waals surface area contributed by atoms with E-state index in [-0.39, 0.29) is 95.4 Å². The van der Waals surface area contributed by atoms with E-state index in [1.807, 2.05) is 38.1 Å². The van der Waals surface area contributed by atoms with E-state index in [1.54, 1.807) is 0 Å². The van der Waals surface area contributed by atoms with Gasteiger partial charge in [0.15, 0.2) is 0 Å². The minimum atomic E-state index is -2.66. The molecule has 8 aliphatic carbocycles. The molecular weight excluding hydrogens is 1600 g/mol. The highest BCUT2D eigenvalue weighted by atomic mass is 28.4. The number of hydrogen-bond acceptors (Lipinski definition) is 20. The summed E-state index contributed by atoms with van der Waals surface area (Å²) in [6.45, 7) is 32.2. The van der Waals surface area contributed by atoms with Crippen LogP contribution in [0.15, 0.2) is 121 Å². The fraction of sp³-hybridized carbons (Fsp3) is 0.725. The normalized spacial score (nSPS) is 29.7. The maximum absolute atomic E-state index is 15.4. The average Bonchev–Trinajstić information content (AvgIpc) is 1.50. The first-order valence-corrected chi connectivity index (χ1v) is 51.5. The van der Waals surface area contributed by atoms with E-state index in [0.29, 0.717) is 140 Å². The van der Waals surface area contributed by atoms with E-state index in [1.165, 1.54) is 20.7 Å². The molecule has 20 atom stereocenters. The van der Waals surface area contributed by atoms with Crippen molar-refractivity contribution in [2.45, 2.75) is 233 Å². The van der Waals surface area contributed by atoms with Crippen LogP contribution in [0.3, 0.4) is 0 Å². The van der Waals surface area contributed by atoms with Crippen LogP contribution in [0.25, 0.3) is 0 Å². The number of carbonyl (C=O) groups excluding carboxylic acids is 4. The van der Waals surface area contributed by atoms with E-state index in [2.05, 4.69) is 166 Å². The number of benzene rings is 4. The lowest BCUT2D eigenvalue weighted by molar-refractivity contribution is -0.185. The van der Waals surface area contributed by atoms with Crippen molar-refractivity contribution in [1.82, 2.24) is 0 Å². The lowest BCUT2D eigenvalue weighted by Gasteiger charge is -2.61. The van der Waals surface area contributed by atoms with Crippen molar-refractivity contribution in [1.29, 1.82) is 0 Å². The monoisotopic (exact) mass is 1760 g/mol. The molecule has 0 radical (unpaired) electrons. The van der Waals surface area contributed by atoms with Crippen LogP contribution in [0, 0.1) is 92.7 Å². The molecule has 0 aliphatic heterocycles. The van der Waals surface area contributed by atoms with Gasteiger partial charge in [-0.05, 0) is 227 Å². The van der Waals surface area contributed by atoms with Gasteiger partial charge in [-0.15, -0.1) is 0 Å². The maximum Gasteiger partial charge on any atom is 0.309 e. The smallest absolute Gasteiger partial charge is 0.309 e. The van der Waals surface area contributed by atoms with Crippen LogP contribution in [0.4, 0.5) is 0 Å². The number of Topliss-reactive ketones (excluding diaryl/α,β-unsaturated/α-hetero) is 2. The molecule has 0 bridgehead atoms. The van der Waals surface area contributed by atoms with Crippen molar-refractivity contribution in [2.75, 3.05) is 145 Å². The Morgan fingerprint density at radius 2 is 0.597 bits per heavy atom. The standard InChI is InChI=1S/C102H154O20Si2/c1-73(85-37-39-87-83-35-33-75-69-77(103)41-45-99(75,9)89(83)43-47-101(85,87)11)95(107)121-93(91(105)71-117-63-61-113-55-53-109-49-51-111-57-59-115-65-67-119-123(97(3,4)5,79-25-17-13-18-26-79)80-27-19-14-20-28-80)94(122-96(108)74(2)86-38-40-88-84-36-34-76-70-78(104)42-46-100(76,10)90(84)44-48-102(86,88)12)92(106)72-118-64-62-114-56-54-110-50-52-112-58-60-116-66-68-120-124(98(6,7)8,81-29-21-15-22-30-81)82-31-23-16-24-32-82/h13-32,73-78,83-90,93-94,103-104H,33-72H2,1-12H3/t73-,74-,75-,76-,77-,78-,83-,84-,85+,86+,87-,88-,89-,90-,93+,94+,99-,100-,101+,102+/m0/s1. The van der Waals surface area contributed by atoms with Crippen molar-refractivity contribution in [3.63, 3.8) is 0 Å². The second-order valence-corrected chi connectivity index (χ2v) is 49.5. The molecule has 0 amide bonds. The molecule has 4 aromatic rings. The van der Waals surface area contributed by atoms with Crippen LogP contribution in [0.2, 0.25) is 10.1 Å². The molecule has 8 fully saturated rings. The van der Waals surface area contributed by atoms with Gasteiger partial charge in [0.05, 0.1) is 156 Å². The first kappa shape index (κ1) is 98.1. The minimum Gasteiger partial charge on any atom is -0.449 e. The highest BCUT2D eigenvalue weighted by Crippen LogP contribution is 2.70. The lowest BCUT2D eigenvalue weighted by atomic mass is 9.44. The predicted octanol–water partition coefficient (Wildman–Crippen LogP) is 14.6. The number of esters is 2. The Hall–Kier alpha value is -4.97. The molecule has 124 heavy (non-hydrogen) atoms. The van der Waals surface area contributed by atoms with Gasteiger partial charge in [-0.2, -0.15) is 0 Å². The molecule has 22 heteroatoms. The van der Waals surface area contributed by atoms with Crippen molar-refractivity contribution < 1.29 is 95.1 Å². The number of rotatable bonds is 49. The molecule has 0 aromatic heterocycles. The molecular formula is C102H154O20Si2. The predicted molar refractivity (Wildman–Crippen MR) is 486 cm³/mol. The molecule has 690 valence electrons. The molecule has 20 nitrogen and oxygen atoms in total. The fourth-order valence-electron chi connectivity index (χ4n) is 25.9. The Morgan fingerprint density at radius 1 is 0.339 bits per heavy atom. The zero-order valence-corrected chi connectivity index (χ0v) is 79.3. The van der Waals surface area contributed by atoms with Gasteiger partial charge >= 0.3 is 11.9 Å². The largest absolute Gasteiger partial charge is 0.449 e. The van der Waals surface area contributed by atoms with E-state index < -0.39 is 77.4 Å². The quantitative estimate of drug-likeness (QED) is 0.0237. The minimum absolute atomic E-state index is 0.0000983. The molecule has 4 aromatic carbocycles. The highest BCUT2D eigenvalue weighted by Gasteiger charge is 2.64. The number of hydrogen-bond donors (Lipinski definition) is 2. The first-order chi connectivity index (χ1) is 59.6. The fourth-order valence-corrected chi connectivity index (χ4v) is 35.0.